The highest BCUT2D eigenvalue weighted by Crippen LogP contribution is 2.32. The number of carboxylic acids is 1. The van der Waals surface area contributed by atoms with Crippen LogP contribution in [0.5, 0.6) is 5.75 Å². The number of rotatable bonds is 7. The van der Waals surface area contributed by atoms with E-state index in [1.54, 1.807) is 19.2 Å². The molecule has 3 aromatic rings. The third-order valence-corrected chi connectivity index (χ3v) is 4.69. The summed E-state index contributed by atoms with van der Waals surface area (Å²) in [5.74, 6) is -0.569. The van der Waals surface area contributed by atoms with Crippen LogP contribution in [0.25, 0.3) is 16.9 Å². The van der Waals surface area contributed by atoms with Crippen LogP contribution in [-0.2, 0) is 11.2 Å². The van der Waals surface area contributed by atoms with Crippen molar-refractivity contribution in [1.82, 2.24) is 4.57 Å². The van der Waals surface area contributed by atoms with Gasteiger partial charge in [-0.15, -0.1) is 0 Å². The quantitative estimate of drug-likeness (QED) is 0.657. The summed E-state index contributed by atoms with van der Waals surface area (Å²) in [6.45, 7) is 1.91. The number of ether oxygens (including phenoxy) is 1. The van der Waals surface area contributed by atoms with Crippen LogP contribution in [0.1, 0.15) is 27.9 Å². The van der Waals surface area contributed by atoms with Crippen LogP contribution in [0.2, 0.25) is 0 Å². The summed E-state index contributed by atoms with van der Waals surface area (Å²) in [5, 5.41) is 9.10. The van der Waals surface area contributed by atoms with Crippen molar-refractivity contribution in [2.75, 3.05) is 7.11 Å². The van der Waals surface area contributed by atoms with Crippen molar-refractivity contribution in [1.29, 1.82) is 0 Å². The molecule has 6 heteroatoms. The topological polar surface area (TPSA) is 94.6 Å². The van der Waals surface area contributed by atoms with Crippen molar-refractivity contribution in [3.8, 4) is 22.7 Å². The number of aliphatic carboxylic acids is 1. The third-order valence-electron chi connectivity index (χ3n) is 4.69. The Labute approximate surface area is 163 Å². The number of hydrogen-bond donors (Lipinski definition) is 2. The molecule has 28 heavy (non-hydrogen) atoms. The number of aryl methyl sites for hydroxylation is 2. The number of methoxy groups -OCH3 is 1. The van der Waals surface area contributed by atoms with E-state index < -0.39 is 11.9 Å². The maximum Gasteiger partial charge on any atom is 0.303 e. The Morgan fingerprint density at radius 1 is 1.11 bits per heavy atom. The van der Waals surface area contributed by atoms with Gasteiger partial charge < -0.3 is 20.1 Å². The second kappa shape index (κ2) is 8.00. The highest BCUT2D eigenvalue weighted by molar-refractivity contribution is 5.93. The van der Waals surface area contributed by atoms with Crippen LogP contribution in [-0.4, -0.2) is 28.7 Å². The van der Waals surface area contributed by atoms with Crippen molar-refractivity contribution in [2.45, 2.75) is 19.8 Å². The maximum atomic E-state index is 11.5. The molecular formula is C22H22N2O4. The second-order valence-corrected chi connectivity index (χ2v) is 6.55. The van der Waals surface area contributed by atoms with Crippen LogP contribution < -0.4 is 10.5 Å². The fourth-order valence-electron chi connectivity index (χ4n) is 3.26. The Hall–Kier alpha value is -3.54. The van der Waals surface area contributed by atoms with Crippen molar-refractivity contribution >= 4 is 11.9 Å². The van der Waals surface area contributed by atoms with E-state index in [1.807, 2.05) is 54.1 Å². The van der Waals surface area contributed by atoms with Gasteiger partial charge in [-0.3, -0.25) is 9.59 Å². The average Bonchev–Trinajstić information content (AvgIpc) is 3.10. The van der Waals surface area contributed by atoms with Gasteiger partial charge in [0.1, 0.15) is 5.75 Å². The summed E-state index contributed by atoms with van der Waals surface area (Å²) >= 11 is 0. The first-order valence-electron chi connectivity index (χ1n) is 8.88. The molecule has 0 spiro atoms. The standard InChI is InChI=1S/C22H22N2O4/c1-14-13-16(22(23)27)3-9-19(14)21-15(4-10-20(25)26)11-12-24(21)17-5-7-18(28-2)8-6-17/h3,5-9,11-13H,4,10H2,1-2H3,(H2,23,27)(H,25,26). The van der Waals surface area contributed by atoms with Gasteiger partial charge in [-0.1, -0.05) is 6.07 Å². The molecule has 3 N–H and O–H groups in total. The van der Waals surface area contributed by atoms with Gasteiger partial charge in [0, 0.05) is 29.4 Å². The summed E-state index contributed by atoms with van der Waals surface area (Å²) in [4.78, 5) is 22.6. The number of benzene rings is 2. The van der Waals surface area contributed by atoms with Crippen LogP contribution in [0.15, 0.2) is 54.7 Å². The molecule has 1 amide bonds. The van der Waals surface area contributed by atoms with E-state index in [-0.39, 0.29) is 6.42 Å². The van der Waals surface area contributed by atoms with Crippen molar-refractivity contribution < 1.29 is 19.4 Å². The molecule has 0 saturated heterocycles. The van der Waals surface area contributed by atoms with Crippen molar-refractivity contribution in [3.63, 3.8) is 0 Å². The first-order chi connectivity index (χ1) is 13.4. The molecule has 1 heterocycles. The molecule has 0 unspecified atom stereocenters. The number of carbonyl (C=O) groups excluding carboxylic acids is 1. The summed E-state index contributed by atoms with van der Waals surface area (Å²) < 4.78 is 7.24. The number of aromatic nitrogens is 1. The molecule has 0 aliphatic carbocycles. The smallest absolute Gasteiger partial charge is 0.303 e. The van der Waals surface area contributed by atoms with Crippen molar-refractivity contribution in [2.24, 2.45) is 5.73 Å². The summed E-state index contributed by atoms with van der Waals surface area (Å²) in [6.07, 6.45) is 2.37. The van der Waals surface area contributed by atoms with Gasteiger partial charge in [0.25, 0.3) is 0 Å². The van der Waals surface area contributed by atoms with Gasteiger partial charge in [-0.25, -0.2) is 0 Å². The lowest BCUT2D eigenvalue weighted by molar-refractivity contribution is -0.136. The fraction of sp³-hybridized carbons (Fsp3) is 0.182. The number of hydrogen-bond acceptors (Lipinski definition) is 3. The molecule has 0 aliphatic rings. The van der Waals surface area contributed by atoms with E-state index in [1.165, 1.54) is 0 Å². The summed E-state index contributed by atoms with van der Waals surface area (Å²) in [5.41, 5.74) is 10.4. The predicted octanol–water partition coefficient (Wildman–Crippen LogP) is 3.58. The first-order valence-corrected chi connectivity index (χ1v) is 8.88. The van der Waals surface area contributed by atoms with Gasteiger partial charge in [0.15, 0.2) is 0 Å². The van der Waals surface area contributed by atoms with E-state index in [0.717, 1.165) is 33.8 Å². The van der Waals surface area contributed by atoms with E-state index in [9.17, 15) is 9.59 Å². The van der Waals surface area contributed by atoms with Gasteiger partial charge in [-0.2, -0.15) is 0 Å². The molecule has 0 atom stereocenters. The van der Waals surface area contributed by atoms with E-state index in [2.05, 4.69) is 0 Å². The van der Waals surface area contributed by atoms with Crippen LogP contribution >= 0.6 is 0 Å². The SMILES string of the molecule is COc1ccc(-n2ccc(CCC(=O)O)c2-c2ccc(C(N)=O)cc2C)cc1. The second-order valence-electron chi connectivity index (χ2n) is 6.55. The van der Waals surface area contributed by atoms with E-state index >= 15 is 0 Å². The normalized spacial score (nSPS) is 10.6. The minimum absolute atomic E-state index is 0.0397. The van der Waals surface area contributed by atoms with Gasteiger partial charge >= 0.3 is 5.97 Å². The Morgan fingerprint density at radius 3 is 2.39 bits per heavy atom. The molecular weight excluding hydrogens is 356 g/mol. The highest BCUT2D eigenvalue weighted by atomic mass is 16.5. The van der Waals surface area contributed by atoms with Crippen molar-refractivity contribution in [3.05, 3.63) is 71.4 Å². The largest absolute Gasteiger partial charge is 0.497 e. The monoisotopic (exact) mass is 378 g/mol. The Morgan fingerprint density at radius 2 is 1.82 bits per heavy atom. The zero-order valence-corrected chi connectivity index (χ0v) is 15.8. The molecule has 0 aliphatic heterocycles. The first kappa shape index (κ1) is 19.2. The Kier molecular flexibility index (Phi) is 5.49. The lowest BCUT2D eigenvalue weighted by Gasteiger charge is -2.15. The molecule has 0 radical (unpaired) electrons. The summed E-state index contributed by atoms with van der Waals surface area (Å²) in [6, 6.07) is 14.9. The molecule has 1 aromatic heterocycles. The predicted molar refractivity (Wildman–Crippen MR) is 107 cm³/mol. The third kappa shape index (κ3) is 3.91. The number of amides is 1. The van der Waals surface area contributed by atoms with Crippen LogP contribution in [0.3, 0.4) is 0 Å². The minimum atomic E-state index is -0.844. The van der Waals surface area contributed by atoms with Gasteiger partial charge in [-0.05, 0) is 66.9 Å². The van der Waals surface area contributed by atoms with E-state index in [4.69, 9.17) is 15.6 Å². The number of carboxylic acid groups (broad SMARTS) is 1. The molecule has 0 bridgehead atoms. The Balaban J connectivity index is 2.14. The zero-order valence-electron chi connectivity index (χ0n) is 15.8. The van der Waals surface area contributed by atoms with Gasteiger partial charge in [0.05, 0.1) is 12.8 Å². The number of carbonyl (C=O) groups is 2. The Bertz CT molecular complexity index is 1020. The maximum absolute atomic E-state index is 11.5. The lowest BCUT2D eigenvalue weighted by atomic mass is 9.98. The number of nitrogens with two attached hydrogens (primary N) is 1. The molecule has 3 rings (SSSR count). The highest BCUT2D eigenvalue weighted by Gasteiger charge is 2.17. The van der Waals surface area contributed by atoms with Crippen LogP contribution in [0.4, 0.5) is 0 Å². The molecule has 144 valence electrons. The average molecular weight is 378 g/mol. The fourth-order valence-corrected chi connectivity index (χ4v) is 3.26. The zero-order chi connectivity index (χ0) is 20.3. The lowest BCUT2D eigenvalue weighted by Crippen LogP contribution is -2.11. The number of primary amides is 1. The number of nitrogens with zero attached hydrogens (tertiary/aromatic N) is 1. The molecule has 6 nitrogen and oxygen atoms in total. The molecule has 0 saturated carbocycles. The molecule has 0 fully saturated rings. The van der Waals surface area contributed by atoms with Crippen LogP contribution in [0, 0.1) is 6.92 Å². The van der Waals surface area contributed by atoms with E-state index in [0.29, 0.717) is 12.0 Å². The summed E-state index contributed by atoms with van der Waals surface area (Å²) in [7, 11) is 1.61. The van der Waals surface area contributed by atoms with Gasteiger partial charge in [0.2, 0.25) is 5.91 Å². The molecule has 2 aromatic carbocycles. The minimum Gasteiger partial charge on any atom is -0.497 e.